The Balaban J connectivity index is 2.68. The van der Waals surface area contributed by atoms with Crippen molar-refractivity contribution in [3.8, 4) is 0 Å². The molecule has 1 aliphatic rings. The summed E-state index contributed by atoms with van der Waals surface area (Å²) >= 11 is 0. The molecule has 1 N–H and O–H groups in total. The lowest BCUT2D eigenvalue weighted by molar-refractivity contribution is -0.153. The third-order valence-corrected chi connectivity index (χ3v) is 3.14. The Kier molecular flexibility index (Phi) is 3.93. The minimum atomic E-state index is -0.409. The van der Waals surface area contributed by atoms with Crippen molar-refractivity contribution >= 4 is 5.97 Å². The van der Waals surface area contributed by atoms with Gasteiger partial charge in [0.15, 0.2) is 0 Å². The number of carbonyl (C=O) groups excluding carboxylic acids is 1. The SMILES string of the molecule is CCOC(=O)C1(NC)CCCC(C)C1. The molecule has 1 rings (SSSR count). The first kappa shape index (κ1) is 11.5. The summed E-state index contributed by atoms with van der Waals surface area (Å²) in [6.07, 6.45) is 4.15. The molecule has 0 radical (unpaired) electrons. The van der Waals surface area contributed by atoms with Gasteiger partial charge in [-0.3, -0.25) is 4.79 Å². The van der Waals surface area contributed by atoms with Gasteiger partial charge in [0.05, 0.1) is 6.61 Å². The second-order valence-electron chi connectivity index (χ2n) is 4.25. The predicted molar refractivity (Wildman–Crippen MR) is 56.1 cm³/mol. The maximum Gasteiger partial charge on any atom is 0.326 e. The molecule has 1 aliphatic carbocycles. The van der Waals surface area contributed by atoms with Crippen LogP contribution in [0.4, 0.5) is 0 Å². The van der Waals surface area contributed by atoms with Crippen LogP contribution < -0.4 is 5.32 Å². The molecule has 3 heteroatoms. The van der Waals surface area contributed by atoms with E-state index in [4.69, 9.17) is 4.74 Å². The number of nitrogens with one attached hydrogen (secondary N) is 1. The monoisotopic (exact) mass is 199 g/mol. The van der Waals surface area contributed by atoms with Gasteiger partial charge in [0.1, 0.15) is 5.54 Å². The Bertz CT molecular complexity index is 205. The summed E-state index contributed by atoms with van der Waals surface area (Å²) in [5.41, 5.74) is -0.409. The highest BCUT2D eigenvalue weighted by Crippen LogP contribution is 2.32. The molecule has 0 bridgehead atoms. The fourth-order valence-corrected chi connectivity index (χ4v) is 2.34. The van der Waals surface area contributed by atoms with Gasteiger partial charge in [-0.1, -0.05) is 19.8 Å². The Morgan fingerprint density at radius 1 is 1.64 bits per heavy atom. The van der Waals surface area contributed by atoms with Crippen molar-refractivity contribution in [2.24, 2.45) is 5.92 Å². The number of ether oxygens (including phenoxy) is 1. The molecule has 0 aliphatic heterocycles. The fraction of sp³-hybridized carbons (Fsp3) is 0.909. The molecule has 0 amide bonds. The van der Waals surface area contributed by atoms with Crippen LogP contribution in [0.3, 0.4) is 0 Å². The average Bonchev–Trinajstić information content (AvgIpc) is 2.18. The zero-order chi connectivity index (χ0) is 10.6. The van der Waals surface area contributed by atoms with Gasteiger partial charge < -0.3 is 10.1 Å². The Labute approximate surface area is 86.2 Å². The van der Waals surface area contributed by atoms with Gasteiger partial charge in [-0.05, 0) is 32.7 Å². The standard InChI is InChI=1S/C11H21NO2/c1-4-14-10(13)11(12-3)7-5-6-9(2)8-11/h9,12H,4-8H2,1-3H3. The van der Waals surface area contributed by atoms with Gasteiger partial charge >= 0.3 is 5.97 Å². The summed E-state index contributed by atoms with van der Waals surface area (Å²) < 4.78 is 5.12. The predicted octanol–water partition coefficient (Wildman–Crippen LogP) is 1.72. The van der Waals surface area contributed by atoms with Crippen LogP contribution in [0, 0.1) is 5.92 Å². The second-order valence-corrected chi connectivity index (χ2v) is 4.25. The first-order valence-corrected chi connectivity index (χ1v) is 5.50. The third kappa shape index (κ3) is 2.27. The molecule has 0 aromatic carbocycles. The van der Waals surface area contributed by atoms with Crippen LogP contribution >= 0.6 is 0 Å². The van der Waals surface area contributed by atoms with Crippen molar-refractivity contribution in [1.82, 2.24) is 5.32 Å². The lowest BCUT2D eigenvalue weighted by Crippen LogP contribution is -2.53. The van der Waals surface area contributed by atoms with Crippen molar-refractivity contribution < 1.29 is 9.53 Å². The Hall–Kier alpha value is -0.570. The van der Waals surface area contributed by atoms with Gasteiger partial charge in [0.2, 0.25) is 0 Å². The van der Waals surface area contributed by atoms with E-state index in [-0.39, 0.29) is 5.97 Å². The first-order chi connectivity index (χ1) is 6.64. The smallest absolute Gasteiger partial charge is 0.326 e. The molecule has 0 aromatic heterocycles. The number of hydrogen-bond acceptors (Lipinski definition) is 3. The lowest BCUT2D eigenvalue weighted by Gasteiger charge is -2.37. The third-order valence-electron chi connectivity index (χ3n) is 3.14. The molecule has 82 valence electrons. The summed E-state index contributed by atoms with van der Waals surface area (Å²) in [7, 11) is 1.86. The van der Waals surface area contributed by atoms with Crippen molar-refractivity contribution in [2.45, 2.75) is 45.1 Å². The quantitative estimate of drug-likeness (QED) is 0.703. The highest BCUT2D eigenvalue weighted by atomic mass is 16.5. The number of likely N-dealkylation sites (N-methyl/N-ethyl adjacent to an activating group) is 1. The summed E-state index contributed by atoms with van der Waals surface area (Å²) in [6, 6.07) is 0. The first-order valence-electron chi connectivity index (χ1n) is 5.50. The van der Waals surface area contributed by atoms with E-state index >= 15 is 0 Å². The van der Waals surface area contributed by atoms with Crippen LogP contribution in [-0.4, -0.2) is 25.2 Å². The summed E-state index contributed by atoms with van der Waals surface area (Å²) in [4.78, 5) is 11.8. The van der Waals surface area contributed by atoms with Crippen molar-refractivity contribution in [3.63, 3.8) is 0 Å². The summed E-state index contributed by atoms with van der Waals surface area (Å²) in [6.45, 7) is 4.52. The minimum absolute atomic E-state index is 0.0750. The van der Waals surface area contributed by atoms with Crippen molar-refractivity contribution in [3.05, 3.63) is 0 Å². The second kappa shape index (κ2) is 4.78. The zero-order valence-corrected chi connectivity index (χ0v) is 9.43. The molecular weight excluding hydrogens is 178 g/mol. The molecule has 0 heterocycles. The average molecular weight is 199 g/mol. The normalized spacial score (nSPS) is 32.6. The van der Waals surface area contributed by atoms with Crippen LogP contribution in [0.5, 0.6) is 0 Å². The van der Waals surface area contributed by atoms with Crippen molar-refractivity contribution in [2.75, 3.05) is 13.7 Å². The van der Waals surface area contributed by atoms with Crippen LogP contribution in [0.25, 0.3) is 0 Å². The number of esters is 1. The van der Waals surface area contributed by atoms with Gasteiger partial charge in [0, 0.05) is 0 Å². The van der Waals surface area contributed by atoms with E-state index in [1.54, 1.807) is 0 Å². The molecule has 2 unspecified atom stereocenters. The summed E-state index contributed by atoms with van der Waals surface area (Å²) in [5.74, 6) is 0.537. The molecule has 0 saturated heterocycles. The molecule has 0 aromatic rings. The number of rotatable bonds is 3. The van der Waals surface area contributed by atoms with Gasteiger partial charge in [0.25, 0.3) is 0 Å². The minimum Gasteiger partial charge on any atom is -0.465 e. The molecule has 14 heavy (non-hydrogen) atoms. The number of carbonyl (C=O) groups is 1. The van der Waals surface area contributed by atoms with Crippen LogP contribution in [0.15, 0.2) is 0 Å². The van der Waals surface area contributed by atoms with E-state index in [0.29, 0.717) is 12.5 Å². The van der Waals surface area contributed by atoms with E-state index < -0.39 is 5.54 Å². The lowest BCUT2D eigenvalue weighted by atomic mass is 9.76. The topological polar surface area (TPSA) is 38.3 Å². The van der Waals surface area contributed by atoms with Crippen LogP contribution in [0.1, 0.15) is 39.5 Å². The van der Waals surface area contributed by atoms with Crippen LogP contribution in [0.2, 0.25) is 0 Å². The highest BCUT2D eigenvalue weighted by Gasteiger charge is 2.41. The molecule has 1 saturated carbocycles. The largest absolute Gasteiger partial charge is 0.465 e. The van der Waals surface area contributed by atoms with E-state index in [0.717, 1.165) is 19.3 Å². The molecule has 2 atom stereocenters. The van der Waals surface area contributed by atoms with E-state index in [1.165, 1.54) is 6.42 Å². The molecule has 1 fully saturated rings. The Morgan fingerprint density at radius 2 is 2.36 bits per heavy atom. The number of hydrogen-bond donors (Lipinski definition) is 1. The van der Waals surface area contributed by atoms with E-state index in [9.17, 15) is 4.79 Å². The van der Waals surface area contributed by atoms with Crippen LogP contribution in [-0.2, 0) is 9.53 Å². The van der Waals surface area contributed by atoms with E-state index in [1.807, 2.05) is 14.0 Å². The molecule has 0 spiro atoms. The maximum absolute atomic E-state index is 11.8. The van der Waals surface area contributed by atoms with Gasteiger partial charge in [-0.2, -0.15) is 0 Å². The summed E-state index contributed by atoms with van der Waals surface area (Å²) in [5, 5.41) is 3.16. The molecule has 3 nitrogen and oxygen atoms in total. The zero-order valence-electron chi connectivity index (χ0n) is 9.43. The maximum atomic E-state index is 11.8. The van der Waals surface area contributed by atoms with Crippen molar-refractivity contribution in [1.29, 1.82) is 0 Å². The van der Waals surface area contributed by atoms with E-state index in [2.05, 4.69) is 12.2 Å². The fourth-order valence-electron chi connectivity index (χ4n) is 2.34. The molecular formula is C11H21NO2. The highest BCUT2D eigenvalue weighted by molar-refractivity contribution is 5.81. The Morgan fingerprint density at radius 3 is 2.86 bits per heavy atom. The van der Waals surface area contributed by atoms with Gasteiger partial charge in [-0.25, -0.2) is 0 Å². The van der Waals surface area contributed by atoms with Gasteiger partial charge in [-0.15, -0.1) is 0 Å².